The number of phenolic OH excluding ortho intramolecular Hbond substituents is 1. The molecular weight excluding hydrogens is 269 g/mol. The Morgan fingerprint density at radius 1 is 1.26 bits per heavy atom. The van der Waals surface area contributed by atoms with E-state index >= 15 is 0 Å². The van der Waals surface area contributed by atoms with Gasteiger partial charge < -0.3 is 10.4 Å². The third-order valence-corrected chi connectivity index (χ3v) is 2.64. The van der Waals surface area contributed by atoms with E-state index in [0.29, 0.717) is 16.8 Å². The van der Waals surface area contributed by atoms with E-state index in [4.69, 9.17) is 16.7 Å². The van der Waals surface area contributed by atoms with Crippen LogP contribution in [0.3, 0.4) is 0 Å². The fourth-order valence-corrected chi connectivity index (χ4v) is 1.69. The highest BCUT2D eigenvalue weighted by atomic mass is 35.5. The van der Waals surface area contributed by atoms with Gasteiger partial charge in [0.2, 0.25) is 0 Å². The molecule has 2 aromatic rings. The molecule has 0 saturated carbocycles. The number of phenols is 1. The molecule has 4 nitrogen and oxygen atoms in total. The maximum absolute atomic E-state index is 13.6. The van der Waals surface area contributed by atoms with Crippen molar-refractivity contribution in [2.75, 3.05) is 5.32 Å². The van der Waals surface area contributed by atoms with Gasteiger partial charge in [0, 0.05) is 18.1 Å². The van der Waals surface area contributed by atoms with Crippen LogP contribution in [-0.4, -0.2) is 15.1 Å². The van der Waals surface area contributed by atoms with Crippen LogP contribution in [0.4, 0.5) is 15.9 Å². The molecule has 100 valence electrons. The first-order valence-electron chi connectivity index (χ1n) is 5.75. The number of hydrogen-bond donors (Lipinski definition) is 2. The van der Waals surface area contributed by atoms with Crippen molar-refractivity contribution in [3.8, 4) is 5.75 Å². The monoisotopic (exact) mass is 281 g/mol. The van der Waals surface area contributed by atoms with E-state index in [1.807, 2.05) is 13.8 Å². The summed E-state index contributed by atoms with van der Waals surface area (Å²) in [5.41, 5.74) is 0.210. The van der Waals surface area contributed by atoms with Gasteiger partial charge in [-0.3, -0.25) is 0 Å². The zero-order chi connectivity index (χ0) is 14.0. The third kappa shape index (κ3) is 3.32. The van der Waals surface area contributed by atoms with E-state index in [0.717, 1.165) is 6.07 Å². The van der Waals surface area contributed by atoms with Gasteiger partial charge in [-0.2, -0.15) is 0 Å². The van der Waals surface area contributed by atoms with E-state index in [2.05, 4.69) is 15.3 Å². The second kappa shape index (κ2) is 5.40. The van der Waals surface area contributed by atoms with Crippen LogP contribution in [0, 0.1) is 5.82 Å². The maximum Gasteiger partial charge on any atom is 0.150 e. The van der Waals surface area contributed by atoms with Crippen LogP contribution in [0.5, 0.6) is 5.75 Å². The molecule has 1 heterocycles. The molecule has 0 saturated heterocycles. The Bertz CT molecular complexity index is 604. The second-order valence-corrected chi connectivity index (χ2v) is 4.77. The Balaban J connectivity index is 2.32. The minimum absolute atomic E-state index is 0.115. The molecule has 0 aliphatic heterocycles. The van der Waals surface area contributed by atoms with E-state index in [9.17, 15) is 4.39 Å². The number of nitrogens with zero attached hydrogens (tertiary/aromatic N) is 2. The molecule has 0 unspecified atom stereocenters. The summed E-state index contributed by atoms with van der Waals surface area (Å²) in [7, 11) is 0. The van der Waals surface area contributed by atoms with Gasteiger partial charge in [-0.25, -0.2) is 14.4 Å². The largest absolute Gasteiger partial charge is 0.508 e. The van der Waals surface area contributed by atoms with Gasteiger partial charge in [-0.15, -0.1) is 0 Å². The van der Waals surface area contributed by atoms with Crippen molar-refractivity contribution in [2.24, 2.45) is 0 Å². The smallest absolute Gasteiger partial charge is 0.150 e. The summed E-state index contributed by atoms with van der Waals surface area (Å²) in [5.74, 6) is 0.402. The first kappa shape index (κ1) is 13.5. The molecule has 1 aromatic carbocycles. The molecule has 0 bridgehead atoms. The highest BCUT2D eigenvalue weighted by molar-refractivity contribution is 6.29. The van der Waals surface area contributed by atoms with Crippen LogP contribution < -0.4 is 5.32 Å². The molecule has 2 N–H and O–H groups in total. The van der Waals surface area contributed by atoms with Crippen LogP contribution in [-0.2, 0) is 0 Å². The molecule has 0 fully saturated rings. The Morgan fingerprint density at radius 3 is 2.63 bits per heavy atom. The number of aromatic nitrogens is 2. The first-order chi connectivity index (χ1) is 8.95. The van der Waals surface area contributed by atoms with Gasteiger partial charge in [-0.1, -0.05) is 25.4 Å². The summed E-state index contributed by atoms with van der Waals surface area (Å²) in [4.78, 5) is 8.35. The van der Waals surface area contributed by atoms with Crippen LogP contribution >= 0.6 is 11.6 Å². The number of aromatic hydroxyl groups is 1. The lowest BCUT2D eigenvalue weighted by Crippen LogP contribution is -2.03. The minimum Gasteiger partial charge on any atom is -0.508 e. The van der Waals surface area contributed by atoms with E-state index in [-0.39, 0.29) is 17.4 Å². The number of hydrogen-bond acceptors (Lipinski definition) is 4. The Kier molecular flexibility index (Phi) is 3.85. The molecule has 0 atom stereocenters. The SMILES string of the molecule is CC(C)c1nc(Cl)cc(Nc2ccc(O)cc2F)n1. The molecule has 0 aliphatic carbocycles. The summed E-state index contributed by atoms with van der Waals surface area (Å²) in [6.45, 7) is 3.88. The molecule has 0 amide bonds. The number of anilines is 2. The number of benzene rings is 1. The lowest BCUT2D eigenvalue weighted by molar-refractivity contribution is 0.469. The molecular formula is C13H13ClFN3O. The van der Waals surface area contributed by atoms with Crippen molar-refractivity contribution in [3.05, 3.63) is 41.1 Å². The summed E-state index contributed by atoms with van der Waals surface area (Å²) >= 11 is 5.90. The first-order valence-corrected chi connectivity index (χ1v) is 6.13. The van der Waals surface area contributed by atoms with Crippen LogP contribution in [0.25, 0.3) is 0 Å². The lowest BCUT2D eigenvalue weighted by atomic mass is 10.2. The van der Waals surface area contributed by atoms with E-state index in [1.165, 1.54) is 18.2 Å². The van der Waals surface area contributed by atoms with Gasteiger partial charge in [-0.05, 0) is 12.1 Å². The van der Waals surface area contributed by atoms with Crippen molar-refractivity contribution in [3.63, 3.8) is 0 Å². The molecule has 19 heavy (non-hydrogen) atoms. The third-order valence-electron chi connectivity index (χ3n) is 2.44. The van der Waals surface area contributed by atoms with Gasteiger partial charge in [0.25, 0.3) is 0 Å². The number of rotatable bonds is 3. The van der Waals surface area contributed by atoms with Gasteiger partial charge in [0.1, 0.15) is 28.4 Å². The Hall–Kier alpha value is -1.88. The lowest BCUT2D eigenvalue weighted by Gasteiger charge is -2.10. The molecule has 0 spiro atoms. The van der Waals surface area contributed by atoms with Gasteiger partial charge in [0.05, 0.1) is 5.69 Å². The van der Waals surface area contributed by atoms with Crippen molar-refractivity contribution >= 4 is 23.1 Å². The summed E-state index contributed by atoms with van der Waals surface area (Å²) < 4.78 is 13.6. The summed E-state index contributed by atoms with van der Waals surface area (Å²) in [6, 6.07) is 5.35. The summed E-state index contributed by atoms with van der Waals surface area (Å²) in [5, 5.41) is 12.3. The second-order valence-electron chi connectivity index (χ2n) is 4.38. The van der Waals surface area contributed by atoms with Crippen molar-refractivity contribution < 1.29 is 9.50 Å². The fourth-order valence-electron chi connectivity index (χ4n) is 1.50. The molecule has 1 aromatic heterocycles. The Labute approximate surface area is 115 Å². The topological polar surface area (TPSA) is 58.0 Å². The highest BCUT2D eigenvalue weighted by Gasteiger charge is 2.09. The molecule has 2 rings (SSSR count). The molecule has 0 radical (unpaired) electrons. The minimum atomic E-state index is -0.569. The normalized spacial score (nSPS) is 10.8. The van der Waals surface area contributed by atoms with Gasteiger partial charge in [0.15, 0.2) is 0 Å². The fraction of sp³-hybridized carbons (Fsp3) is 0.231. The standard InChI is InChI=1S/C13H13ClFN3O/c1-7(2)13-17-11(14)6-12(18-13)16-10-4-3-8(19)5-9(10)15/h3-7,19H,1-2H3,(H,16,17,18). The highest BCUT2D eigenvalue weighted by Crippen LogP contribution is 2.24. The number of halogens is 2. The average molecular weight is 282 g/mol. The predicted octanol–water partition coefficient (Wildman–Crippen LogP) is 3.84. The van der Waals surface area contributed by atoms with E-state index < -0.39 is 5.82 Å². The van der Waals surface area contributed by atoms with Gasteiger partial charge >= 0.3 is 0 Å². The average Bonchev–Trinajstić information content (AvgIpc) is 2.32. The van der Waals surface area contributed by atoms with Crippen molar-refractivity contribution in [2.45, 2.75) is 19.8 Å². The molecule has 0 aliphatic rings. The maximum atomic E-state index is 13.6. The predicted molar refractivity (Wildman–Crippen MR) is 72.5 cm³/mol. The van der Waals surface area contributed by atoms with Crippen molar-refractivity contribution in [1.29, 1.82) is 0 Å². The quantitative estimate of drug-likeness (QED) is 0.663. The van der Waals surface area contributed by atoms with Crippen LogP contribution in [0.15, 0.2) is 24.3 Å². The molecule has 6 heteroatoms. The van der Waals surface area contributed by atoms with Crippen molar-refractivity contribution in [1.82, 2.24) is 9.97 Å². The van der Waals surface area contributed by atoms with E-state index in [1.54, 1.807) is 0 Å². The summed E-state index contributed by atoms with van der Waals surface area (Å²) in [6.07, 6.45) is 0. The van der Waals surface area contributed by atoms with Crippen LogP contribution in [0.2, 0.25) is 5.15 Å². The zero-order valence-corrected chi connectivity index (χ0v) is 11.2. The number of nitrogens with one attached hydrogen (secondary N) is 1. The Morgan fingerprint density at radius 2 is 2.00 bits per heavy atom. The zero-order valence-electron chi connectivity index (χ0n) is 10.5. The van der Waals surface area contributed by atoms with Crippen LogP contribution in [0.1, 0.15) is 25.6 Å².